The zero-order valence-electron chi connectivity index (χ0n) is 15.6. The Morgan fingerprint density at radius 3 is 2.64 bits per heavy atom. The van der Waals surface area contributed by atoms with Crippen LogP contribution in [0.2, 0.25) is 0 Å². The van der Waals surface area contributed by atoms with Crippen LogP contribution >= 0.6 is 0 Å². The number of ether oxygens (including phenoxy) is 2. The van der Waals surface area contributed by atoms with Crippen LogP contribution in [0.25, 0.3) is 0 Å². The summed E-state index contributed by atoms with van der Waals surface area (Å²) >= 11 is 0. The molecular weight excluding hydrogens is 359 g/mol. The molecule has 1 fully saturated rings. The van der Waals surface area contributed by atoms with Crippen LogP contribution in [-0.2, 0) is 9.53 Å². The second kappa shape index (κ2) is 10.5. The van der Waals surface area contributed by atoms with Crippen molar-refractivity contribution < 1.29 is 18.7 Å². The predicted molar refractivity (Wildman–Crippen MR) is 106 cm³/mol. The molecule has 2 aromatic rings. The first-order chi connectivity index (χ1) is 13.7. The average Bonchev–Trinajstić information content (AvgIpc) is 2.73. The van der Waals surface area contributed by atoms with Crippen molar-refractivity contribution in [3.63, 3.8) is 0 Å². The summed E-state index contributed by atoms with van der Waals surface area (Å²) in [5.74, 6) is 5.85. The van der Waals surface area contributed by atoms with E-state index in [1.165, 1.54) is 6.07 Å². The van der Waals surface area contributed by atoms with E-state index >= 15 is 0 Å². The zero-order chi connectivity index (χ0) is 19.6. The highest BCUT2D eigenvalue weighted by Crippen LogP contribution is 2.17. The first-order valence-corrected chi connectivity index (χ1v) is 9.29. The summed E-state index contributed by atoms with van der Waals surface area (Å²) in [4.78, 5) is 12.7. The minimum atomic E-state index is -0.405. The highest BCUT2D eigenvalue weighted by atomic mass is 19.1. The summed E-state index contributed by atoms with van der Waals surface area (Å²) in [7, 11) is 0. The molecule has 0 radical (unpaired) electrons. The van der Waals surface area contributed by atoms with Gasteiger partial charge in [-0.1, -0.05) is 11.8 Å². The molecule has 0 aliphatic carbocycles. The van der Waals surface area contributed by atoms with Gasteiger partial charge in [0.1, 0.15) is 11.6 Å². The zero-order valence-corrected chi connectivity index (χ0v) is 15.6. The summed E-state index contributed by atoms with van der Waals surface area (Å²) in [6, 6.07) is 11.7. The van der Waals surface area contributed by atoms with Gasteiger partial charge in [0.05, 0.1) is 25.4 Å². The second-order valence-electron chi connectivity index (χ2n) is 6.39. The van der Waals surface area contributed by atoms with Crippen molar-refractivity contribution in [1.29, 1.82) is 0 Å². The largest absolute Gasteiger partial charge is 0.493 e. The number of amides is 1. The van der Waals surface area contributed by atoms with Gasteiger partial charge >= 0.3 is 0 Å². The van der Waals surface area contributed by atoms with Gasteiger partial charge in [-0.2, -0.15) is 0 Å². The third-order valence-electron chi connectivity index (χ3n) is 4.38. The van der Waals surface area contributed by atoms with Gasteiger partial charge in [0.2, 0.25) is 6.41 Å². The summed E-state index contributed by atoms with van der Waals surface area (Å²) in [5.41, 5.74) is 1.73. The summed E-state index contributed by atoms with van der Waals surface area (Å²) in [6.45, 7) is 4.99. The molecule has 1 heterocycles. The first kappa shape index (κ1) is 19.9. The molecule has 1 amide bonds. The number of rotatable bonds is 7. The van der Waals surface area contributed by atoms with Crippen LogP contribution in [0.15, 0.2) is 42.5 Å². The lowest BCUT2D eigenvalue weighted by molar-refractivity contribution is -0.105. The van der Waals surface area contributed by atoms with E-state index < -0.39 is 5.82 Å². The highest BCUT2D eigenvalue weighted by molar-refractivity contribution is 5.71. The van der Waals surface area contributed by atoms with Gasteiger partial charge in [-0.05, 0) is 42.8 Å². The number of halogens is 1. The molecule has 146 valence electrons. The molecule has 0 bridgehead atoms. The number of anilines is 1. The lowest BCUT2D eigenvalue weighted by Gasteiger charge is -2.26. The van der Waals surface area contributed by atoms with Crippen LogP contribution in [0.4, 0.5) is 10.1 Å². The Hall–Kier alpha value is -2.88. The first-order valence-electron chi connectivity index (χ1n) is 9.29. The molecule has 1 saturated heterocycles. The number of nitrogens with zero attached hydrogens (tertiary/aromatic N) is 1. The number of morpholine rings is 1. The number of hydrogen-bond donors (Lipinski definition) is 1. The van der Waals surface area contributed by atoms with Gasteiger partial charge in [0.15, 0.2) is 0 Å². The Labute approximate surface area is 164 Å². The molecule has 1 N–H and O–H groups in total. The van der Waals surface area contributed by atoms with Gasteiger partial charge in [-0.25, -0.2) is 4.39 Å². The Morgan fingerprint density at radius 2 is 1.93 bits per heavy atom. The van der Waals surface area contributed by atoms with E-state index in [-0.39, 0.29) is 0 Å². The van der Waals surface area contributed by atoms with Gasteiger partial charge in [0.25, 0.3) is 0 Å². The molecule has 6 heteroatoms. The van der Waals surface area contributed by atoms with Gasteiger partial charge in [-0.3, -0.25) is 9.69 Å². The third kappa shape index (κ3) is 6.08. The average molecular weight is 382 g/mol. The summed E-state index contributed by atoms with van der Waals surface area (Å²) in [5, 5.41) is 2.55. The number of hydrogen-bond acceptors (Lipinski definition) is 4. The van der Waals surface area contributed by atoms with E-state index in [4.69, 9.17) is 9.47 Å². The number of benzene rings is 2. The second-order valence-corrected chi connectivity index (χ2v) is 6.39. The molecule has 0 saturated carbocycles. The summed E-state index contributed by atoms with van der Waals surface area (Å²) < 4.78 is 25.2. The minimum absolute atomic E-state index is 0.316. The molecule has 2 aromatic carbocycles. The SMILES string of the molecule is O=CNc1ccc(C#Cc2ccc(OCCCN3CCOCC3)cc2F)cc1. The van der Waals surface area contributed by atoms with E-state index in [9.17, 15) is 9.18 Å². The van der Waals surface area contributed by atoms with Crippen molar-refractivity contribution in [1.82, 2.24) is 4.90 Å². The molecule has 1 aliphatic rings. The van der Waals surface area contributed by atoms with Crippen LogP contribution < -0.4 is 10.1 Å². The van der Waals surface area contributed by atoms with Crippen molar-refractivity contribution in [2.75, 3.05) is 44.8 Å². The topological polar surface area (TPSA) is 50.8 Å². The maximum atomic E-state index is 14.3. The number of carbonyl (C=O) groups is 1. The minimum Gasteiger partial charge on any atom is -0.493 e. The molecule has 5 nitrogen and oxygen atoms in total. The molecular formula is C22H23FN2O3. The fourth-order valence-electron chi connectivity index (χ4n) is 2.85. The third-order valence-corrected chi connectivity index (χ3v) is 4.38. The lowest BCUT2D eigenvalue weighted by Crippen LogP contribution is -2.37. The van der Waals surface area contributed by atoms with Gasteiger partial charge in [-0.15, -0.1) is 0 Å². The van der Waals surface area contributed by atoms with Gasteiger partial charge in [0, 0.05) is 37.0 Å². The summed E-state index contributed by atoms with van der Waals surface area (Å²) in [6.07, 6.45) is 1.50. The van der Waals surface area contributed by atoms with E-state index in [0.29, 0.717) is 30.0 Å². The molecule has 3 rings (SSSR count). The van der Waals surface area contributed by atoms with Crippen LogP contribution in [0.5, 0.6) is 5.75 Å². The van der Waals surface area contributed by atoms with Crippen molar-refractivity contribution in [3.8, 4) is 17.6 Å². The van der Waals surface area contributed by atoms with Crippen LogP contribution in [0, 0.1) is 17.7 Å². The van der Waals surface area contributed by atoms with E-state index in [1.54, 1.807) is 36.4 Å². The maximum Gasteiger partial charge on any atom is 0.211 e. The van der Waals surface area contributed by atoms with Crippen molar-refractivity contribution in [2.24, 2.45) is 0 Å². The number of carbonyl (C=O) groups excluding carboxylic acids is 1. The van der Waals surface area contributed by atoms with E-state index in [0.717, 1.165) is 44.8 Å². The standard InChI is InChI=1S/C22H23FN2O3/c23-22-16-21(28-13-1-10-25-11-14-27-15-12-25)9-6-19(22)5-2-18-3-7-20(8-4-18)24-17-26/h3-4,6-9,16-17H,1,10-15H2,(H,24,26). The fourth-order valence-corrected chi connectivity index (χ4v) is 2.85. The molecule has 0 unspecified atom stereocenters. The van der Waals surface area contributed by atoms with Crippen LogP contribution in [0.3, 0.4) is 0 Å². The number of nitrogens with one attached hydrogen (secondary N) is 1. The lowest BCUT2D eigenvalue weighted by atomic mass is 10.1. The Bertz CT molecular complexity index is 837. The smallest absolute Gasteiger partial charge is 0.211 e. The van der Waals surface area contributed by atoms with Crippen molar-refractivity contribution >= 4 is 12.1 Å². The molecule has 0 atom stereocenters. The van der Waals surface area contributed by atoms with Gasteiger partial charge < -0.3 is 14.8 Å². The molecule has 28 heavy (non-hydrogen) atoms. The maximum absolute atomic E-state index is 14.3. The molecule has 0 spiro atoms. The van der Waals surface area contributed by atoms with Crippen LogP contribution in [0.1, 0.15) is 17.5 Å². The highest BCUT2D eigenvalue weighted by Gasteiger charge is 2.09. The molecule has 0 aromatic heterocycles. The normalized spacial score (nSPS) is 14.0. The Morgan fingerprint density at radius 1 is 1.14 bits per heavy atom. The van der Waals surface area contributed by atoms with Crippen molar-refractivity contribution in [2.45, 2.75) is 6.42 Å². The van der Waals surface area contributed by atoms with Crippen molar-refractivity contribution in [3.05, 3.63) is 59.4 Å². The monoisotopic (exact) mass is 382 g/mol. The van der Waals surface area contributed by atoms with E-state index in [1.807, 2.05) is 0 Å². The Balaban J connectivity index is 1.50. The predicted octanol–water partition coefficient (Wildman–Crippen LogP) is 2.89. The van der Waals surface area contributed by atoms with E-state index in [2.05, 4.69) is 22.1 Å². The Kier molecular flexibility index (Phi) is 7.42. The molecule has 1 aliphatic heterocycles. The quantitative estimate of drug-likeness (QED) is 0.455. The fraction of sp³-hybridized carbons (Fsp3) is 0.318. The van der Waals surface area contributed by atoms with Crippen LogP contribution in [-0.4, -0.2) is 50.8 Å².